The number of carbonyl (C=O) groups is 1. The Hall–Kier alpha value is -1.81. The largest absolute Gasteiger partial charge is 0.416 e. The van der Waals surface area contributed by atoms with Crippen molar-refractivity contribution in [2.24, 2.45) is 0 Å². The first-order valence-corrected chi connectivity index (χ1v) is 10.0. The van der Waals surface area contributed by atoms with Crippen LogP contribution >= 0.6 is 0 Å². The normalized spacial score (nSPS) is 18.2. The van der Waals surface area contributed by atoms with Gasteiger partial charge in [0.15, 0.2) is 0 Å². The van der Waals surface area contributed by atoms with Crippen LogP contribution in [0.15, 0.2) is 18.2 Å². The number of benzene rings is 1. The molecule has 2 amide bonds. The minimum Gasteiger partial charge on any atom is -0.380 e. The molecule has 0 radical (unpaired) electrons. The molecule has 1 heterocycles. The van der Waals surface area contributed by atoms with Crippen molar-refractivity contribution in [3.63, 3.8) is 0 Å². The summed E-state index contributed by atoms with van der Waals surface area (Å²) in [6, 6.07) is 2.39. The molecule has 26 heavy (non-hydrogen) atoms. The molecule has 0 saturated carbocycles. The molecule has 6 nitrogen and oxygen atoms in total. The van der Waals surface area contributed by atoms with E-state index in [-0.39, 0.29) is 23.6 Å². The van der Waals surface area contributed by atoms with Crippen molar-refractivity contribution in [2.75, 3.05) is 31.0 Å². The van der Waals surface area contributed by atoms with Crippen LogP contribution in [0.2, 0.25) is 0 Å². The Kier molecular flexibility index (Phi) is 6.17. The summed E-state index contributed by atoms with van der Waals surface area (Å²) in [5.74, 6) is -0.166. The van der Waals surface area contributed by atoms with Crippen molar-refractivity contribution in [3.05, 3.63) is 29.3 Å². The Morgan fingerprint density at radius 1 is 1.38 bits per heavy atom. The van der Waals surface area contributed by atoms with Crippen LogP contribution in [-0.4, -0.2) is 51.1 Å². The molecule has 1 aliphatic heterocycles. The number of anilines is 1. The summed E-state index contributed by atoms with van der Waals surface area (Å²) in [7, 11) is -1.97. The maximum absolute atomic E-state index is 13.2. The molecule has 0 aliphatic carbocycles. The average molecular weight is 394 g/mol. The van der Waals surface area contributed by atoms with Gasteiger partial charge in [-0.3, -0.25) is 0 Å². The van der Waals surface area contributed by atoms with Crippen molar-refractivity contribution in [2.45, 2.75) is 31.7 Å². The van der Waals surface area contributed by atoms with Crippen LogP contribution < -0.4 is 5.32 Å². The number of carbonyl (C=O) groups excluding carboxylic acids is 1. The highest BCUT2D eigenvalue weighted by Crippen LogP contribution is 2.34. The van der Waals surface area contributed by atoms with Gasteiger partial charge in [-0.15, -0.1) is 0 Å². The predicted molar refractivity (Wildman–Crippen MR) is 90.6 cm³/mol. The Morgan fingerprint density at radius 3 is 2.65 bits per heavy atom. The Labute approximate surface area is 150 Å². The van der Waals surface area contributed by atoms with Crippen LogP contribution in [0, 0.1) is 0 Å². The van der Waals surface area contributed by atoms with Crippen LogP contribution in [0.5, 0.6) is 0 Å². The van der Waals surface area contributed by atoms with E-state index in [0.29, 0.717) is 19.4 Å². The van der Waals surface area contributed by atoms with Crippen molar-refractivity contribution >= 4 is 21.6 Å². The predicted octanol–water partition coefficient (Wildman–Crippen LogP) is 2.89. The van der Waals surface area contributed by atoms with Crippen LogP contribution in [0.4, 0.5) is 23.7 Å². The van der Waals surface area contributed by atoms with Gasteiger partial charge in [0.05, 0.1) is 17.9 Å². The lowest BCUT2D eigenvalue weighted by molar-refractivity contribution is -0.138. The molecular weight excluding hydrogens is 373 g/mol. The van der Waals surface area contributed by atoms with Crippen molar-refractivity contribution in [1.29, 1.82) is 0 Å². The summed E-state index contributed by atoms with van der Waals surface area (Å²) < 4.78 is 67.3. The summed E-state index contributed by atoms with van der Waals surface area (Å²) >= 11 is 0. The fourth-order valence-electron chi connectivity index (χ4n) is 3.02. The van der Waals surface area contributed by atoms with Gasteiger partial charge in [0.25, 0.3) is 0 Å². The monoisotopic (exact) mass is 394 g/mol. The molecule has 2 rings (SSSR count). The molecule has 1 atom stereocenters. The Morgan fingerprint density at radius 2 is 2.08 bits per heavy atom. The molecule has 1 aromatic rings. The maximum Gasteiger partial charge on any atom is 0.416 e. The number of likely N-dealkylation sites (tertiary alicyclic amines) is 1. The number of alkyl halides is 3. The minimum atomic E-state index is -4.58. The lowest BCUT2D eigenvalue weighted by Crippen LogP contribution is -2.42. The number of nitrogens with zero attached hydrogens (tertiary/aromatic N) is 1. The second kappa shape index (κ2) is 7.83. The second-order valence-corrected chi connectivity index (χ2v) is 8.50. The number of hydrogen-bond acceptors (Lipinski definition) is 4. The maximum atomic E-state index is 13.2. The zero-order chi connectivity index (χ0) is 19.5. The summed E-state index contributed by atoms with van der Waals surface area (Å²) in [6.07, 6.45) is -2.30. The molecule has 1 N–H and O–H groups in total. The number of rotatable bonds is 5. The van der Waals surface area contributed by atoms with Gasteiger partial charge in [-0.25, -0.2) is 13.2 Å². The van der Waals surface area contributed by atoms with Gasteiger partial charge < -0.3 is 15.0 Å². The molecule has 1 aromatic carbocycles. The van der Waals surface area contributed by atoms with Crippen molar-refractivity contribution in [1.82, 2.24) is 4.90 Å². The number of nitrogens with one attached hydrogen (secondary N) is 1. The third-order valence-electron chi connectivity index (χ3n) is 4.10. The number of methoxy groups -OCH3 is 1. The molecule has 0 spiro atoms. The first kappa shape index (κ1) is 20.5. The lowest BCUT2D eigenvalue weighted by Gasteiger charge is -2.24. The second-order valence-electron chi connectivity index (χ2n) is 6.31. The SMILES string of the molecule is COCc1ccc(NC(=O)N2CCC[C@@H]2CS(C)(=O)=O)cc1C(F)(F)F. The number of urea groups is 1. The first-order chi connectivity index (χ1) is 12.0. The summed E-state index contributed by atoms with van der Waals surface area (Å²) in [4.78, 5) is 13.8. The molecule has 0 unspecified atom stereocenters. The molecule has 0 aromatic heterocycles. The van der Waals surface area contributed by atoms with Gasteiger partial charge in [0, 0.05) is 31.6 Å². The van der Waals surface area contributed by atoms with Gasteiger partial charge in [0.2, 0.25) is 0 Å². The number of halogens is 3. The minimum absolute atomic E-state index is 0.00724. The molecule has 0 bridgehead atoms. The third kappa shape index (κ3) is 5.34. The van der Waals surface area contributed by atoms with E-state index in [4.69, 9.17) is 4.74 Å². The van der Waals surface area contributed by atoms with E-state index < -0.39 is 33.6 Å². The molecule has 1 fully saturated rings. The Balaban J connectivity index is 2.18. The van der Waals surface area contributed by atoms with E-state index in [1.165, 1.54) is 24.1 Å². The van der Waals surface area contributed by atoms with E-state index in [9.17, 15) is 26.4 Å². The van der Waals surface area contributed by atoms with E-state index in [0.717, 1.165) is 12.3 Å². The van der Waals surface area contributed by atoms with Gasteiger partial charge in [0.1, 0.15) is 9.84 Å². The van der Waals surface area contributed by atoms with Crippen LogP contribution in [0.3, 0.4) is 0 Å². The molecule has 146 valence electrons. The van der Waals surface area contributed by atoms with E-state index in [1.807, 2.05) is 0 Å². The zero-order valence-electron chi connectivity index (χ0n) is 14.5. The third-order valence-corrected chi connectivity index (χ3v) is 5.09. The standard InChI is InChI=1S/C16H21F3N2O4S/c1-25-9-11-5-6-12(8-14(11)16(17,18)19)20-15(22)21-7-3-4-13(21)10-26(2,23)24/h5-6,8,13H,3-4,7,9-10H2,1-2H3,(H,20,22)/t13-/m1/s1. The zero-order valence-corrected chi connectivity index (χ0v) is 15.3. The van der Waals surface area contributed by atoms with Gasteiger partial charge in [-0.05, 0) is 30.5 Å². The Bertz CT molecular complexity index is 765. The van der Waals surface area contributed by atoms with E-state index in [1.54, 1.807) is 0 Å². The highest BCUT2D eigenvalue weighted by Gasteiger charge is 2.34. The van der Waals surface area contributed by atoms with Gasteiger partial charge in [-0.1, -0.05) is 6.07 Å². The van der Waals surface area contributed by atoms with E-state index >= 15 is 0 Å². The fourth-order valence-corrected chi connectivity index (χ4v) is 4.07. The van der Waals surface area contributed by atoms with Crippen LogP contribution in [-0.2, 0) is 27.4 Å². The van der Waals surface area contributed by atoms with Crippen molar-refractivity contribution in [3.8, 4) is 0 Å². The summed E-state index contributed by atoms with van der Waals surface area (Å²) in [6.45, 7) is 0.158. The summed E-state index contributed by atoms with van der Waals surface area (Å²) in [5.41, 5.74) is -0.924. The van der Waals surface area contributed by atoms with Crippen LogP contribution in [0.25, 0.3) is 0 Å². The number of ether oxygens (including phenoxy) is 1. The molecule has 1 aliphatic rings. The fraction of sp³-hybridized carbons (Fsp3) is 0.562. The molecular formula is C16H21F3N2O4S. The van der Waals surface area contributed by atoms with Crippen LogP contribution in [0.1, 0.15) is 24.0 Å². The average Bonchev–Trinajstić information content (AvgIpc) is 2.94. The topological polar surface area (TPSA) is 75.7 Å². The number of amides is 2. The first-order valence-electron chi connectivity index (χ1n) is 7.95. The molecule has 10 heteroatoms. The van der Waals surface area contributed by atoms with Gasteiger partial charge >= 0.3 is 12.2 Å². The number of hydrogen-bond donors (Lipinski definition) is 1. The lowest BCUT2D eigenvalue weighted by atomic mass is 10.1. The van der Waals surface area contributed by atoms with Crippen molar-refractivity contribution < 1.29 is 31.1 Å². The van der Waals surface area contributed by atoms with Gasteiger partial charge in [-0.2, -0.15) is 13.2 Å². The molecule has 1 saturated heterocycles. The number of sulfone groups is 1. The van der Waals surface area contributed by atoms with E-state index in [2.05, 4.69) is 5.32 Å². The quantitative estimate of drug-likeness (QED) is 0.833. The smallest absolute Gasteiger partial charge is 0.380 e. The highest BCUT2D eigenvalue weighted by atomic mass is 32.2. The summed E-state index contributed by atoms with van der Waals surface area (Å²) in [5, 5.41) is 2.43. The highest BCUT2D eigenvalue weighted by molar-refractivity contribution is 7.90.